The molecule has 0 saturated carbocycles. The van der Waals surface area contributed by atoms with Gasteiger partial charge in [0.1, 0.15) is 0 Å². The maximum absolute atomic E-state index is 12.3. The zero-order chi connectivity index (χ0) is 29.9. The third-order valence-corrected chi connectivity index (χ3v) is 8.71. The maximum Gasteiger partial charge on any atom is 0.245 e. The topological polar surface area (TPSA) is 20.3 Å². The highest BCUT2D eigenvalue weighted by Gasteiger charge is 2.09. The summed E-state index contributed by atoms with van der Waals surface area (Å²) in [5, 5.41) is 0. The molecule has 0 aliphatic rings. The second-order valence-corrected chi connectivity index (χ2v) is 12.8. The molecule has 0 N–H and O–H groups in total. The van der Waals surface area contributed by atoms with Crippen LogP contribution in [0.25, 0.3) is 0 Å². The Balaban J connectivity index is 3.53. The molecule has 0 atom stereocenters. The Kier molecular flexibility index (Phi) is 34.2. The molecule has 0 aliphatic carbocycles. The molecular formula is C39H75NO. The molecule has 242 valence electrons. The molecule has 2 nitrogen and oxygen atoms in total. The summed E-state index contributed by atoms with van der Waals surface area (Å²) in [5.74, 6) is 0.124. The number of hydrogen-bond acceptors (Lipinski definition) is 1. The fraction of sp³-hybridized carbons (Fsp3) is 0.872. The highest BCUT2D eigenvalue weighted by Crippen LogP contribution is 2.15. The van der Waals surface area contributed by atoms with Crippen LogP contribution in [0.5, 0.6) is 0 Å². The number of carbonyl (C=O) groups excluding carboxylic acids is 1. The molecule has 0 radical (unpaired) electrons. The molecule has 41 heavy (non-hydrogen) atoms. The molecule has 0 unspecified atom stereocenters. The Bertz CT molecular complexity index is 554. The molecule has 2 heteroatoms. The minimum absolute atomic E-state index is 0.124. The third kappa shape index (κ3) is 31.7. The average molecular weight is 574 g/mol. The summed E-state index contributed by atoms with van der Waals surface area (Å²) in [7, 11) is 0. The number of unbranched alkanes of at least 4 members (excludes halogenated alkanes) is 27. The van der Waals surface area contributed by atoms with Crippen LogP contribution in [0.2, 0.25) is 0 Å². The molecule has 0 heterocycles. The summed E-state index contributed by atoms with van der Waals surface area (Å²) in [6.07, 6.45) is 47.1. The standard InChI is InChI=1S/C39H75NO/c1-4-7-9-11-13-15-17-19-21-23-25-27-29-31-33-35-37-40(39(41)6-3)38-36-34-32-30-28-26-24-22-20-18-16-14-12-10-8-5-2/h6,19,21H,3-5,7-18,20,22-38H2,1-2H3/b21-19-. The molecule has 0 aliphatic heterocycles. The van der Waals surface area contributed by atoms with Gasteiger partial charge in [-0.05, 0) is 44.6 Å². The molecule has 0 bridgehead atoms. The summed E-state index contributed by atoms with van der Waals surface area (Å²) >= 11 is 0. The van der Waals surface area contributed by atoms with Gasteiger partial charge >= 0.3 is 0 Å². The van der Waals surface area contributed by atoms with E-state index in [-0.39, 0.29) is 5.91 Å². The molecule has 0 fully saturated rings. The van der Waals surface area contributed by atoms with E-state index in [1.54, 1.807) is 0 Å². The Morgan fingerprint density at radius 1 is 0.439 bits per heavy atom. The van der Waals surface area contributed by atoms with Crippen molar-refractivity contribution in [3.63, 3.8) is 0 Å². The SMILES string of the molecule is C=CC(=O)N(CCCCCCCC/C=C\CCCCCCCC)CCCCCCCCCCCCCCCCCC. The van der Waals surface area contributed by atoms with E-state index >= 15 is 0 Å². The van der Waals surface area contributed by atoms with Gasteiger partial charge in [-0.15, -0.1) is 0 Å². The molecular weight excluding hydrogens is 498 g/mol. The van der Waals surface area contributed by atoms with Crippen molar-refractivity contribution in [1.82, 2.24) is 4.90 Å². The van der Waals surface area contributed by atoms with Gasteiger partial charge in [-0.1, -0.05) is 187 Å². The highest BCUT2D eigenvalue weighted by molar-refractivity contribution is 5.86. The predicted molar refractivity (Wildman–Crippen MR) is 186 cm³/mol. The zero-order valence-corrected chi connectivity index (χ0v) is 28.4. The minimum atomic E-state index is 0.124. The average Bonchev–Trinajstić information content (AvgIpc) is 2.99. The minimum Gasteiger partial charge on any atom is -0.339 e. The van der Waals surface area contributed by atoms with Crippen molar-refractivity contribution < 1.29 is 4.79 Å². The third-order valence-electron chi connectivity index (χ3n) is 8.71. The van der Waals surface area contributed by atoms with Crippen LogP contribution >= 0.6 is 0 Å². The zero-order valence-electron chi connectivity index (χ0n) is 28.4. The first-order valence-corrected chi connectivity index (χ1v) is 18.8. The van der Waals surface area contributed by atoms with Crippen molar-refractivity contribution in [2.24, 2.45) is 0 Å². The predicted octanol–water partition coefficient (Wildman–Crippen LogP) is 13.3. The quantitative estimate of drug-likeness (QED) is 0.0426. The first-order valence-electron chi connectivity index (χ1n) is 18.8. The Hall–Kier alpha value is -1.05. The van der Waals surface area contributed by atoms with E-state index < -0.39 is 0 Å². The van der Waals surface area contributed by atoms with Gasteiger partial charge in [0.25, 0.3) is 0 Å². The smallest absolute Gasteiger partial charge is 0.245 e. The van der Waals surface area contributed by atoms with Crippen molar-refractivity contribution in [3.8, 4) is 0 Å². The first kappa shape index (κ1) is 40.0. The first-order chi connectivity index (χ1) is 20.3. The monoisotopic (exact) mass is 574 g/mol. The number of hydrogen-bond donors (Lipinski definition) is 0. The second kappa shape index (κ2) is 35.1. The van der Waals surface area contributed by atoms with Crippen LogP contribution in [0.4, 0.5) is 0 Å². The molecule has 0 spiro atoms. The number of carbonyl (C=O) groups is 1. The normalized spacial score (nSPS) is 11.5. The summed E-state index contributed by atoms with van der Waals surface area (Å²) in [6, 6.07) is 0. The molecule has 0 aromatic heterocycles. The number of nitrogens with zero attached hydrogens (tertiary/aromatic N) is 1. The number of rotatable bonds is 34. The summed E-state index contributed by atoms with van der Waals surface area (Å²) in [4.78, 5) is 14.3. The van der Waals surface area contributed by atoms with E-state index in [4.69, 9.17) is 0 Å². The van der Waals surface area contributed by atoms with E-state index in [1.807, 2.05) is 4.90 Å². The number of amides is 1. The van der Waals surface area contributed by atoms with Crippen molar-refractivity contribution in [1.29, 1.82) is 0 Å². The van der Waals surface area contributed by atoms with Crippen molar-refractivity contribution >= 4 is 5.91 Å². The lowest BCUT2D eigenvalue weighted by Gasteiger charge is -2.21. The number of allylic oxidation sites excluding steroid dienone is 2. The van der Waals surface area contributed by atoms with E-state index in [9.17, 15) is 4.79 Å². The Morgan fingerprint density at radius 3 is 1.00 bits per heavy atom. The van der Waals surface area contributed by atoms with Crippen LogP contribution in [0.15, 0.2) is 24.8 Å². The van der Waals surface area contributed by atoms with E-state index in [2.05, 4.69) is 32.6 Å². The highest BCUT2D eigenvalue weighted by atomic mass is 16.2. The molecule has 0 rings (SSSR count). The van der Waals surface area contributed by atoms with Gasteiger partial charge in [-0.25, -0.2) is 0 Å². The summed E-state index contributed by atoms with van der Waals surface area (Å²) < 4.78 is 0. The lowest BCUT2D eigenvalue weighted by molar-refractivity contribution is -0.126. The van der Waals surface area contributed by atoms with E-state index in [1.165, 1.54) is 186 Å². The second-order valence-electron chi connectivity index (χ2n) is 12.8. The maximum atomic E-state index is 12.3. The molecule has 1 amide bonds. The van der Waals surface area contributed by atoms with Crippen LogP contribution in [-0.4, -0.2) is 23.9 Å². The lowest BCUT2D eigenvalue weighted by Crippen LogP contribution is -2.31. The molecule has 0 aromatic rings. The van der Waals surface area contributed by atoms with Gasteiger partial charge in [0.05, 0.1) is 0 Å². The van der Waals surface area contributed by atoms with Crippen LogP contribution in [0.3, 0.4) is 0 Å². The van der Waals surface area contributed by atoms with Gasteiger partial charge in [0.2, 0.25) is 5.91 Å². The van der Waals surface area contributed by atoms with Crippen LogP contribution in [0, 0.1) is 0 Å². The van der Waals surface area contributed by atoms with Gasteiger partial charge in [-0.2, -0.15) is 0 Å². The van der Waals surface area contributed by atoms with Crippen LogP contribution < -0.4 is 0 Å². The van der Waals surface area contributed by atoms with Gasteiger partial charge in [0, 0.05) is 13.1 Å². The van der Waals surface area contributed by atoms with E-state index in [0.29, 0.717) is 0 Å². The van der Waals surface area contributed by atoms with Crippen molar-refractivity contribution in [3.05, 3.63) is 24.8 Å². The van der Waals surface area contributed by atoms with Crippen molar-refractivity contribution in [2.45, 2.75) is 206 Å². The van der Waals surface area contributed by atoms with Crippen LogP contribution in [-0.2, 0) is 4.79 Å². The lowest BCUT2D eigenvalue weighted by atomic mass is 10.0. The summed E-state index contributed by atoms with van der Waals surface area (Å²) in [5.41, 5.74) is 0. The fourth-order valence-electron chi connectivity index (χ4n) is 5.86. The molecule has 0 saturated heterocycles. The Morgan fingerprint density at radius 2 is 0.707 bits per heavy atom. The van der Waals surface area contributed by atoms with Gasteiger partial charge in [-0.3, -0.25) is 4.79 Å². The van der Waals surface area contributed by atoms with Crippen molar-refractivity contribution in [2.75, 3.05) is 13.1 Å². The van der Waals surface area contributed by atoms with Crippen LogP contribution in [0.1, 0.15) is 206 Å². The van der Waals surface area contributed by atoms with E-state index in [0.717, 1.165) is 25.9 Å². The fourth-order valence-corrected chi connectivity index (χ4v) is 5.86. The van der Waals surface area contributed by atoms with Gasteiger partial charge < -0.3 is 4.90 Å². The molecule has 0 aromatic carbocycles. The van der Waals surface area contributed by atoms with Gasteiger partial charge in [0.15, 0.2) is 0 Å². The Labute approximate surface area is 259 Å². The summed E-state index contributed by atoms with van der Waals surface area (Å²) in [6.45, 7) is 10.1. The largest absolute Gasteiger partial charge is 0.339 e.